The fraction of sp³-hybridized carbons (Fsp3) is 0.481. The van der Waals surface area contributed by atoms with E-state index < -0.39 is 25.5 Å². The number of aryl methyl sites for hydroxylation is 1. The van der Waals surface area contributed by atoms with Crippen LogP contribution in [0.5, 0.6) is 5.88 Å². The van der Waals surface area contributed by atoms with Crippen LogP contribution < -0.4 is 4.74 Å². The van der Waals surface area contributed by atoms with E-state index in [2.05, 4.69) is 34.7 Å². The Morgan fingerprint density at radius 2 is 1.72 bits per heavy atom. The number of hydrogen-bond donors (Lipinski definition) is 0. The molecule has 0 N–H and O–H groups in total. The van der Waals surface area contributed by atoms with Crippen LogP contribution in [-0.4, -0.2) is 54.1 Å². The van der Waals surface area contributed by atoms with Crippen molar-refractivity contribution in [1.29, 1.82) is 0 Å². The first-order valence-electron chi connectivity index (χ1n) is 12.5. The minimum absolute atomic E-state index is 0.0329. The van der Waals surface area contributed by atoms with Crippen LogP contribution in [0.4, 0.5) is 13.2 Å². The molecule has 0 aliphatic heterocycles. The van der Waals surface area contributed by atoms with Gasteiger partial charge in [0.2, 0.25) is 11.7 Å². The van der Waals surface area contributed by atoms with Crippen molar-refractivity contribution in [1.82, 2.24) is 19.7 Å². The number of ether oxygens (including phenoxy) is 3. The Morgan fingerprint density at radius 1 is 1.08 bits per heavy atom. The molecule has 8 nitrogen and oxygen atoms in total. The fourth-order valence-corrected chi connectivity index (χ4v) is 4.35. The maximum atomic E-state index is 13.6. The Kier molecular flexibility index (Phi) is 9.22. The van der Waals surface area contributed by atoms with Gasteiger partial charge in [-0.3, -0.25) is 4.79 Å². The maximum Gasteiger partial charge on any atom is 0.451 e. The van der Waals surface area contributed by atoms with Crippen molar-refractivity contribution in [3.05, 3.63) is 47.9 Å². The van der Waals surface area contributed by atoms with Gasteiger partial charge in [0.15, 0.2) is 5.82 Å². The highest BCUT2D eigenvalue weighted by molar-refractivity contribution is 6.76. The molecular weight excluding hydrogens is 529 g/mol. The van der Waals surface area contributed by atoms with Crippen LogP contribution in [0, 0.1) is 12.3 Å². The molecule has 2 aromatic heterocycles. The minimum atomic E-state index is -4.66. The summed E-state index contributed by atoms with van der Waals surface area (Å²) in [5, 5.41) is 4.08. The number of carbonyl (C=O) groups excluding carboxylic acids is 1. The summed E-state index contributed by atoms with van der Waals surface area (Å²) in [6.07, 6.45) is -3.01. The highest BCUT2D eigenvalue weighted by atomic mass is 28.3. The van der Waals surface area contributed by atoms with Crippen LogP contribution in [0.25, 0.3) is 22.5 Å². The molecule has 212 valence electrons. The lowest BCUT2D eigenvalue weighted by Crippen LogP contribution is -2.32. The molecule has 3 rings (SSSR count). The normalized spacial score (nSPS) is 12.5. The van der Waals surface area contributed by atoms with Gasteiger partial charge in [-0.25, -0.2) is 14.6 Å². The predicted molar refractivity (Wildman–Crippen MR) is 144 cm³/mol. The molecule has 0 aliphatic rings. The first-order valence-corrected chi connectivity index (χ1v) is 16.2. The molecule has 0 saturated carbocycles. The minimum Gasteiger partial charge on any atom is -0.476 e. The van der Waals surface area contributed by atoms with Gasteiger partial charge in [-0.2, -0.15) is 13.2 Å². The molecule has 0 unspecified atom stereocenters. The van der Waals surface area contributed by atoms with Gasteiger partial charge < -0.3 is 14.2 Å². The molecule has 0 amide bonds. The summed E-state index contributed by atoms with van der Waals surface area (Å²) in [7, 11) is -0.0448. The Hall–Kier alpha value is -3.25. The van der Waals surface area contributed by atoms with Crippen molar-refractivity contribution in [2.75, 3.05) is 20.3 Å². The van der Waals surface area contributed by atoms with Crippen molar-refractivity contribution >= 4 is 14.0 Å². The van der Waals surface area contributed by atoms with E-state index in [1.165, 1.54) is 7.11 Å². The first-order chi connectivity index (χ1) is 18.1. The lowest BCUT2D eigenvalue weighted by molar-refractivity contribution is -0.152. The third-order valence-corrected chi connectivity index (χ3v) is 7.70. The second-order valence-electron chi connectivity index (χ2n) is 11.2. The second kappa shape index (κ2) is 11.9. The average molecular weight is 565 g/mol. The number of pyridine rings is 1. The van der Waals surface area contributed by atoms with E-state index in [1.54, 1.807) is 50.4 Å². The summed E-state index contributed by atoms with van der Waals surface area (Å²) in [5.41, 5.74) is 2.13. The molecule has 0 bridgehead atoms. The molecule has 0 saturated heterocycles. The van der Waals surface area contributed by atoms with Gasteiger partial charge in [0.25, 0.3) is 0 Å². The SMILES string of the molecule is COC(=O)C(C)(C)COc1cc(C)c(-c2ccc(-c3nc(C(F)(F)F)n(COCC[Si](C)(C)C)n3)cc2)cn1. The number of benzene rings is 1. The number of halogens is 3. The van der Waals surface area contributed by atoms with Gasteiger partial charge in [-0.15, -0.1) is 5.10 Å². The van der Waals surface area contributed by atoms with Crippen LogP contribution in [0.15, 0.2) is 36.5 Å². The van der Waals surface area contributed by atoms with Crippen molar-refractivity contribution in [3.8, 4) is 28.4 Å². The number of rotatable bonds is 11. The number of alkyl halides is 3. The Balaban J connectivity index is 1.75. The van der Waals surface area contributed by atoms with Crippen molar-refractivity contribution in [2.45, 2.75) is 59.4 Å². The van der Waals surface area contributed by atoms with Crippen LogP contribution >= 0.6 is 0 Å². The topological polar surface area (TPSA) is 88.4 Å². The first kappa shape index (κ1) is 30.3. The zero-order valence-electron chi connectivity index (χ0n) is 23.3. The highest BCUT2D eigenvalue weighted by Crippen LogP contribution is 2.31. The molecular formula is C27H35F3N4O4Si. The molecule has 1 aromatic carbocycles. The Bertz CT molecular complexity index is 1290. The van der Waals surface area contributed by atoms with E-state index >= 15 is 0 Å². The standard InChI is InChI=1S/C27H35F3N4O4Si/c1-18-14-22(38-16-26(2,3)25(35)36-4)31-15-21(18)19-8-10-20(11-9-19)23-32-24(27(28,29)30)34(33-23)17-37-12-13-39(5,6)7/h8-11,14-15H,12-13,16-17H2,1-7H3. The van der Waals surface area contributed by atoms with Crippen LogP contribution in [0.2, 0.25) is 25.7 Å². The molecule has 0 spiro atoms. The molecule has 39 heavy (non-hydrogen) atoms. The van der Waals surface area contributed by atoms with E-state index in [0.717, 1.165) is 27.4 Å². The lowest BCUT2D eigenvalue weighted by Gasteiger charge is -2.21. The van der Waals surface area contributed by atoms with Gasteiger partial charge in [-0.1, -0.05) is 43.9 Å². The van der Waals surface area contributed by atoms with Gasteiger partial charge in [0.1, 0.15) is 13.3 Å². The molecule has 2 heterocycles. The summed E-state index contributed by atoms with van der Waals surface area (Å²) in [5.74, 6) is -1.14. The Labute approximate surface area is 227 Å². The largest absolute Gasteiger partial charge is 0.476 e. The smallest absolute Gasteiger partial charge is 0.451 e. The molecule has 0 fully saturated rings. The maximum absolute atomic E-state index is 13.6. The number of aromatic nitrogens is 4. The van der Waals surface area contributed by atoms with E-state index in [9.17, 15) is 18.0 Å². The average Bonchev–Trinajstić information content (AvgIpc) is 3.29. The zero-order valence-corrected chi connectivity index (χ0v) is 24.3. The van der Waals surface area contributed by atoms with Crippen molar-refractivity contribution < 1.29 is 32.2 Å². The summed E-state index contributed by atoms with van der Waals surface area (Å²) >= 11 is 0. The lowest BCUT2D eigenvalue weighted by atomic mass is 9.95. The van der Waals surface area contributed by atoms with E-state index in [1.807, 2.05) is 6.92 Å². The van der Waals surface area contributed by atoms with E-state index in [4.69, 9.17) is 14.2 Å². The van der Waals surface area contributed by atoms with Crippen LogP contribution in [0.3, 0.4) is 0 Å². The third kappa shape index (κ3) is 8.12. The molecule has 12 heteroatoms. The van der Waals surface area contributed by atoms with Crippen molar-refractivity contribution in [2.24, 2.45) is 5.41 Å². The van der Waals surface area contributed by atoms with Crippen LogP contribution in [-0.2, 0) is 27.2 Å². The summed E-state index contributed by atoms with van der Waals surface area (Å²) in [6, 6.07) is 9.49. The fourth-order valence-electron chi connectivity index (χ4n) is 3.59. The molecule has 0 radical (unpaired) electrons. The second-order valence-corrected chi connectivity index (χ2v) is 16.8. The monoisotopic (exact) mass is 564 g/mol. The number of methoxy groups -OCH3 is 1. The third-order valence-electron chi connectivity index (χ3n) is 5.99. The zero-order chi connectivity index (χ0) is 29.0. The van der Waals surface area contributed by atoms with E-state index in [0.29, 0.717) is 18.1 Å². The summed E-state index contributed by atoms with van der Waals surface area (Å²) < 4.78 is 57.6. The molecule has 3 aromatic rings. The number of nitrogens with zero attached hydrogens (tertiary/aromatic N) is 4. The highest BCUT2D eigenvalue weighted by Gasteiger charge is 2.38. The van der Waals surface area contributed by atoms with Gasteiger partial charge in [0, 0.05) is 38.1 Å². The van der Waals surface area contributed by atoms with E-state index in [-0.39, 0.29) is 25.1 Å². The molecule has 0 aliphatic carbocycles. The van der Waals surface area contributed by atoms with Gasteiger partial charge in [-0.05, 0) is 37.9 Å². The summed E-state index contributed by atoms with van der Waals surface area (Å²) in [6.45, 7) is 12.0. The number of esters is 1. The van der Waals surface area contributed by atoms with Crippen LogP contribution in [0.1, 0.15) is 25.2 Å². The molecule has 0 atom stereocenters. The summed E-state index contributed by atoms with van der Waals surface area (Å²) in [4.78, 5) is 20.0. The number of carbonyl (C=O) groups is 1. The van der Waals surface area contributed by atoms with Crippen molar-refractivity contribution in [3.63, 3.8) is 0 Å². The number of hydrogen-bond acceptors (Lipinski definition) is 7. The predicted octanol–water partition coefficient (Wildman–Crippen LogP) is 6.22. The quantitative estimate of drug-likeness (QED) is 0.155. The Morgan fingerprint density at radius 3 is 2.28 bits per heavy atom. The van der Waals surface area contributed by atoms with Gasteiger partial charge >= 0.3 is 12.1 Å². The van der Waals surface area contributed by atoms with Gasteiger partial charge in [0.05, 0.1) is 12.5 Å².